The van der Waals surface area contributed by atoms with Crippen molar-refractivity contribution < 1.29 is 19.1 Å². The van der Waals surface area contributed by atoms with Crippen LogP contribution in [0.1, 0.15) is 37.8 Å². The summed E-state index contributed by atoms with van der Waals surface area (Å²) in [5.41, 5.74) is 0.916. The highest BCUT2D eigenvalue weighted by Gasteiger charge is 2.23. The Morgan fingerprint density at radius 1 is 1.25 bits per heavy atom. The van der Waals surface area contributed by atoms with E-state index in [4.69, 9.17) is 9.47 Å². The van der Waals surface area contributed by atoms with Gasteiger partial charge in [0.05, 0.1) is 6.04 Å². The number of amides is 3. The van der Waals surface area contributed by atoms with E-state index in [1.54, 1.807) is 0 Å². The molecule has 1 aromatic rings. The summed E-state index contributed by atoms with van der Waals surface area (Å²) in [6.45, 7) is 3.63. The molecule has 1 fully saturated rings. The SMILES string of the molecule is C[C@H](NC(=O)N[C@@H]1CCCCNC1=O)c1ccc2c(c1)OCCO2. The van der Waals surface area contributed by atoms with Crippen molar-refractivity contribution in [1.82, 2.24) is 16.0 Å². The van der Waals surface area contributed by atoms with E-state index in [0.717, 1.165) is 24.2 Å². The normalized spacial score (nSPS) is 21.2. The van der Waals surface area contributed by atoms with E-state index < -0.39 is 6.04 Å². The average molecular weight is 333 g/mol. The largest absolute Gasteiger partial charge is 0.486 e. The molecule has 0 spiro atoms. The Hall–Kier alpha value is -2.44. The first-order chi connectivity index (χ1) is 11.6. The van der Waals surface area contributed by atoms with Crippen LogP contribution >= 0.6 is 0 Å². The fourth-order valence-corrected chi connectivity index (χ4v) is 2.89. The van der Waals surface area contributed by atoms with Crippen LogP contribution in [0.5, 0.6) is 11.5 Å². The Balaban J connectivity index is 1.58. The van der Waals surface area contributed by atoms with Crippen molar-refractivity contribution in [2.24, 2.45) is 0 Å². The van der Waals surface area contributed by atoms with Crippen LogP contribution in [0.25, 0.3) is 0 Å². The maximum atomic E-state index is 12.2. The van der Waals surface area contributed by atoms with Crippen LogP contribution < -0.4 is 25.4 Å². The third-order valence-electron chi connectivity index (χ3n) is 4.25. The number of rotatable bonds is 3. The Kier molecular flexibility index (Phi) is 5.08. The molecule has 0 saturated carbocycles. The topological polar surface area (TPSA) is 88.7 Å². The summed E-state index contributed by atoms with van der Waals surface area (Å²) in [4.78, 5) is 24.1. The summed E-state index contributed by atoms with van der Waals surface area (Å²) < 4.78 is 11.1. The molecule has 3 rings (SSSR count). The number of carbonyl (C=O) groups is 2. The van der Waals surface area contributed by atoms with Gasteiger partial charge < -0.3 is 25.4 Å². The molecule has 1 aromatic carbocycles. The van der Waals surface area contributed by atoms with Gasteiger partial charge in [-0.05, 0) is 43.9 Å². The second-order valence-corrected chi connectivity index (χ2v) is 6.08. The number of carbonyl (C=O) groups excluding carboxylic acids is 2. The van der Waals surface area contributed by atoms with E-state index in [0.29, 0.717) is 31.9 Å². The predicted octanol–water partition coefficient (Wildman–Crippen LogP) is 1.49. The van der Waals surface area contributed by atoms with Crippen molar-refractivity contribution in [3.05, 3.63) is 23.8 Å². The van der Waals surface area contributed by atoms with Gasteiger partial charge in [-0.25, -0.2) is 4.79 Å². The summed E-state index contributed by atoms with van der Waals surface area (Å²) in [6.07, 6.45) is 2.53. The zero-order valence-electron chi connectivity index (χ0n) is 13.8. The lowest BCUT2D eigenvalue weighted by Gasteiger charge is -2.22. The van der Waals surface area contributed by atoms with Crippen molar-refractivity contribution in [2.75, 3.05) is 19.8 Å². The molecule has 130 valence electrons. The van der Waals surface area contributed by atoms with Crippen molar-refractivity contribution in [1.29, 1.82) is 0 Å². The molecule has 2 heterocycles. The first kappa shape index (κ1) is 16.4. The average Bonchev–Trinajstić information content (AvgIpc) is 2.79. The maximum absolute atomic E-state index is 12.2. The van der Waals surface area contributed by atoms with Crippen molar-refractivity contribution in [2.45, 2.75) is 38.3 Å². The summed E-state index contributed by atoms with van der Waals surface area (Å²) in [7, 11) is 0. The van der Waals surface area contributed by atoms with Gasteiger partial charge >= 0.3 is 6.03 Å². The molecule has 24 heavy (non-hydrogen) atoms. The number of benzene rings is 1. The van der Waals surface area contributed by atoms with Gasteiger partial charge in [0.25, 0.3) is 0 Å². The van der Waals surface area contributed by atoms with Crippen LogP contribution in [-0.2, 0) is 4.79 Å². The Morgan fingerprint density at radius 3 is 2.88 bits per heavy atom. The predicted molar refractivity (Wildman–Crippen MR) is 88.2 cm³/mol. The Morgan fingerprint density at radius 2 is 2.04 bits per heavy atom. The van der Waals surface area contributed by atoms with Crippen LogP contribution in [-0.4, -0.2) is 37.7 Å². The zero-order chi connectivity index (χ0) is 16.9. The van der Waals surface area contributed by atoms with E-state index >= 15 is 0 Å². The first-order valence-corrected chi connectivity index (χ1v) is 8.38. The van der Waals surface area contributed by atoms with Crippen molar-refractivity contribution >= 4 is 11.9 Å². The molecule has 3 amide bonds. The Bertz CT molecular complexity index is 620. The molecule has 2 atom stereocenters. The van der Waals surface area contributed by atoms with Gasteiger partial charge in [-0.15, -0.1) is 0 Å². The highest BCUT2D eigenvalue weighted by Crippen LogP contribution is 2.32. The molecule has 0 bridgehead atoms. The lowest BCUT2D eigenvalue weighted by molar-refractivity contribution is -0.122. The van der Waals surface area contributed by atoms with Gasteiger partial charge in [0.15, 0.2) is 11.5 Å². The lowest BCUT2D eigenvalue weighted by Crippen LogP contribution is -2.49. The molecule has 1 saturated heterocycles. The van der Waals surface area contributed by atoms with Crippen LogP contribution in [0.2, 0.25) is 0 Å². The van der Waals surface area contributed by atoms with Gasteiger partial charge in [-0.1, -0.05) is 6.07 Å². The van der Waals surface area contributed by atoms with Crippen LogP contribution in [0.4, 0.5) is 4.79 Å². The van der Waals surface area contributed by atoms with Gasteiger partial charge in [-0.3, -0.25) is 4.79 Å². The minimum absolute atomic E-state index is 0.116. The second-order valence-electron chi connectivity index (χ2n) is 6.08. The van der Waals surface area contributed by atoms with E-state index in [1.165, 1.54) is 0 Å². The fourth-order valence-electron chi connectivity index (χ4n) is 2.89. The van der Waals surface area contributed by atoms with Crippen LogP contribution in [0.3, 0.4) is 0 Å². The highest BCUT2D eigenvalue weighted by molar-refractivity contribution is 5.87. The monoisotopic (exact) mass is 333 g/mol. The lowest BCUT2D eigenvalue weighted by atomic mass is 10.1. The number of hydrogen-bond acceptors (Lipinski definition) is 4. The molecule has 0 aliphatic carbocycles. The molecule has 3 N–H and O–H groups in total. The summed E-state index contributed by atoms with van der Waals surface area (Å²) >= 11 is 0. The third kappa shape index (κ3) is 3.90. The van der Waals surface area contributed by atoms with E-state index in [1.807, 2.05) is 25.1 Å². The molecule has 0 radical (unpaired) electrons. The van der Waals surface area contributed by atoms with E-state index in [-0.39, 0.29) is 18.0 Å². The van der Waals surface area contributed by atoms with Crippen LogP contribution in [0.15, 0.2) is 18.2 Å². The minimum Gasteiger partial charge on any atom is -0.486 e. The molecule has 2 aliphatic rings. The second kappa shape index (κ2) is 7.42. The van der Waals surface area contributed by atoms with E-state index in [2.05, 4.69) is 16.0 Å². The number of ether oxygens (including phenoxy) is 2. The number of urea groups is 1. The van der Waals surface area contributed by atoms with Gasteiger partial charge in [0.1, 0.15) is 19.3 Å². The number of hydrogen-bond donors (Lipinski definition) is 3. The molecule has 7 heteroatoms. The molecule has 0 aromatic heterocycles. The summed E-state index contributed by atoms with van der Waals surface area (Å²) in [5, 5.41) is 8.43. The number of fused-ring (bicyclic) bond motifs is 1. The van der Waals surface area contributed by atoms with Crippen molar-refractivity contribution in [3.8, 4) is 11.5 Å². The zero-order valence-corrected chi connectivity index (χ0v) is 13.8. The van der Waals surface area contributed by atoms with Crippen molar-refractivity contribution in [3.63, 3.8) is 0 Å². The minimum atomic E-state index is -0.472. The standard InChI is InChI=1S/C17H23N3O4/c1-11(12-5-6-14-15(10-12)24-9-8-23-14)19-17(22)20-13-4-2-3-7-18-16(13)21/h5-6,10-11,13H,2-4,7-9H2,1H3,(H,18,21)(H2,19,20,22)/t11-,13+/m0/s1. The van der Waals surface area contributed by atoms with Crippen LogP contribution in [0, 0.1) is 0 Å². The molecular formula is C17H23N3O4. The fraction of sp³-hybridized carbons (Fsp3) is 0.529. The summed E-state index contributed by atoms with van der Waals surface area (Å²) in [5.74, 6) is 1.29. The van der Waals surface area contributed by atoms with E-state index in [9.17, 15) is 9.59 Å². The quantitative estimate of drug-likeness (QED) is 0.782. The van der Waals surface area contributed by atoms with Gasteiger partial charge in [0, 0.05) is 6.54 Å². The van der Waals surface area contributed by atoms with Gasteiger partial charge in [0.2, 0.25) is 5.91 Å². The highest BCUT2D eigenvalue weighted by atomic mass is 16.6. The molecule has 2 aliphatic heterocycles. The Labute approximate surface area is 141 Å². The molecule has 0 unspecified atom stereocenters. The molecular weight excluding hydrogens is 310 g/mol. The third-order valence-corrected chi connectivity index (χ3v) is 4.25. The smallest absolute Gasteiger partial charge is 0.315 e. The maximum Gasteiger partial charge on any atom is 0.315 e. The first-order valence-electron chi connectivity index (χ1n) is 8.38. The summed E-state index contributed by atoms with van der Waals surface area (Å²) in [6, 6.07) is 4.59. The number of nitrogens with one attached hydrogen (secondary N) is 3. The van der Waals surface area contributed by atoms with Gasteiger partial charge in [-0.2, -0.15) is 0 Å². The molecule has 7 nitrogen and oxygen atoms in total.